The SMILES string of the molecule is CC1(C)OC1(C)C(C)(OC(C)(c1cc(O)ccc1-c1ccc(O)cc1)C1(C)OC1(C)C)c1cc(O)ccc1-c1ccc(O)cc1. The van der Waals surface area contributed by atoms with Gasteiger partial charge in [0, 0.05) is 0 Å². The summed E-state index contributed by atoms with van der Waals surface area (Å²) in [5.74, 6) is 0.442. The second kappa shape index (κ2) is 9.73. The highest BCUT2D eigenvalue weighted by Gasteiger charge is 2.77. The molecule has 7 nitrogen and oxygen atoms in total. The fourth-order valence-corrected chi connectivity index (χ4v) is 7.18. The van der Waals surface area contributed by atoms with E-state index in [1.54, 1.807) is 48.5 Å². The van der Waals surface area contributed by atoms with Gasteiger partial charge in [0.25, 0.3) is 0 Å². The molecular weight excluding hydrogens is 568 g/mol. The lowest BCUT2D eigenvalue weighted by Gasteiger charge is -2.47. The van der Waals surface area contributed by atoms with Crippen LogP contribution >= 0.6 is 0 Å². The lowest BCUT2D eigenvalue weighted by Crippen LogP contribution is -2.54. The molecule has 0 bridgehead atoms. The molecule has 45 heavy (non-hydrogen) atoms. The van der Waals surface area contributed by atoms with E-state index in [4.69, 9.17) is 14.2 Å². The van der Waals surface area contributed by atoms with Gasteiger partial charge in [-0.3, -0.25) is 0 Å². The van der Waals surface area contributed by atoms with E-state index in [1.165, 1.54) is 0 Å². The average Bonchev–Trinajstić information content (AvgIpc) is 3.73. The van der Waals surface area contributed by atoms with Crippen molar-refractivity contribution in [2.24, 2.45) is 0 Å². The van der Waals surface area contributed by atoms with Crippen molar-refractivity contribution in [3.05, 3.63) is 96.1 Å². The second-order valence-electron chi connectivity index (χ2n) is 14.0. The predicted octanol–water partition coefficient (Wildman–Crippen LogP) is 8.13. The minimum atomic E-state index is -1.21. The van der Waals surface area contributed by atoms with Crippen LogP contribution in [0, 0.1) is 0 Å². The van der Waals surface area contributed by atoms with Crippen LogP contribution in [-0.4, -0.2) is 42.8 Å². The number of rotatable bonds is 8. The van der Waals surface area contributed by atoms with Gasteiger partial charge in [0.1, 0.15) is 45.4 Å². The van der Waals surface area contributed by atoms with Gasteiger partial charge in [0.15, 0.2) is 0 Å². The fraction of sp³-hybridized carbons (Fsp3) is 0.368. The van der Waals surface area contributed by atoms with Crippen LogP contribution in [0.2, 0.25) is 0 Å². The minimum Gasteiger partial charge on any atom is -0.508 e. The van der Waals surface area contributed by atoms with Crippen LogP contribution in [0.1, 0.15) is 66.5 Å². The molecule has 4 atom stereocenters. The lowest BCUT2D eigenvalue weighted by molar-refractivity contribution is -0.207. The first-order valence-corrected chi connectivity index (χ1v) is 15.2. The van der Waals surface area contributed by atoms with Crippen LogP contribution in [0.3, 0.4) is 0 Å². The zero-order chi connectivity index (χ0) is 32.8. The molecule has 4 aromatic carbocycles. The molecule has 7 heteroatoms. The van der Waals surface area contributed by atoms with Crippen molar-refractivity contribution in [2.75, 3.05) is 0 Å². The molecule has 4 N–H and O–H groups in total. The molecular formula is C38H42O7. The number of phenolic OH excluding ortho intramolecular Hbond substituents is 4. The fourth-order valence-electron chi connectivity index (χ4n) is 7.18. The van der Waals surface area contributed by atoms with Gasteiger partial charge < -0.3 is 34.6 Å². The Morgan fingerprint density at radius 2 is 0.778 bits per heavy atom. The average molecular weight is 611 g/mol. The molecule has 0 aromatic heterocycles. The molecule has 236 valence electrons. The van der Waals surface area contributed by atoms with Crippen molar-refractivity contribution in [1.29, 1.82) is 0 Å². The van der Waals surface area contributed by atoms with E-state index in [-0.39, 0.29) is 23.0 Å². The second-order valence-corrected chi connectivity index (χ2v) is 14.0. The predicted molar refractivity (Wildman–Crippen MR) is 173 cm³/mol. The van der Waals surface area contributed by atoms with Gasteiger partial charge in [0.2, 0.25) is 0 Å². The van der Waals surface area contributed by atoms with Crippen LogP contribution < -0.4 is 0 Å². The summed E-state index contributed by atoms with van der Waals surface area (Å²) in [6, 6.07) is 24.3. The largest absolute Gasteiger partial charge is 0.508 e. The lowest BCUT2D eigenvalue weighted by atomic mass is 9.71. The Bertz CT molecular complexity index is 1650. The third-order valence-corrected chi connectivity index (χ3v) is 10.8. The summed E-state index contributed by atoms with van der Waals surface area (Å²) in [5.41, 5.74) is -0.685. The maximum atomic E-state index is 10.9. The molecule has 4 unspecified atom stereocenters. The zero-order valence-corrected chi connectivity index (χ0v) is 27.1. The smallest absolute Gasteiger partial charge is 0.127 e. The first kappa shape index (κ1) is 31.0. The third kappa shape index (κ3) is 4.59. The molecule has 0 saturated carbocycles. The summed E-state index contributed by atoms with van der Waals surface area (Å²) in [6.45, 7) is 16.1. The molecule has 2 fully saturated rings. The van der Waals surface area contributed by atoms with Gasteiger partial charge in [-0.25, -0.2) is 0 Å². The van der Waals surface area contributed by atoms with E-state index in [0.29, 0.717) is 11.1 Å². The summed E-state index contributed by atoms with van der Waals surface area (Å²) in [4.78, 5) is 0. The Balaban J connectivity index is 1.63. The normalized spacial score (nSPS) is 25.6. The van der Waals surface area contributed by atoms with Crippen LogP contribution in [0.25, 0.3) is 22.3 Å². The number of hydrogen-bond acceptors (Lipinski definition) is 7. The molecule has 4 aromatic rings. The number of aromatic hydroxyl groups is 4. The van der Waals surface area contributed by atoms with Crippen LogP contribution in [-0.2, 0) is 25.4 Å². The van der Waals surface area contributed by atoms with Gasteiger partial charge in [0.05, 0.1) is 11.2 Å². The van der Waals surface area contributed by atoms with E-state index >= 15 is 0 Å². The van der Waals surface area contributed by atoms with Crippen molar-refractivity contribution >= 4 is 0 Å². The molecule has 0 aliphatic carbocycles. The summed E-state index contributed by atoms with van der Waals surface area (Å²) < 4.78 is 20.7. The number of ether oxygens (including phenoxy) is 3. The number of phenols is 4. The van der Waals surface area contributed by atoms with Crippen LogP contribution in [0.15, 0.2) is 84.9 Å². The Morgan fingerprint density at radius 3 is 1.07 bits per heavy atom. The van der Waals surface area contributed by atoms with Gasteiger partial charge in [-0.1, -0.05) is 36.4 Å². The third-order valence-electron chi connectivity index (χ3n) is 10.8. The molecule has 0 spiro atoms. The van der Waals surface area contributed by atoms with Crippen molar-refractivity contribution in [1.82, 2.24) is 0 Å². The van der Waals surface area contributed by atoms with Crippen LogP contribution in [0.4, 0.5) is 0 Å². The highest BCUT2D eigenvalue weighted by atomic mass is 16.7. The van der Waals surface area contributed by atoms with Gasteiger partial charge in [-0.2, -0.15) is 0 Å². The first-order chi connectivity index (χ1) is 20.9. The van der Waals surface area contributed by atoms with E-state index in [9.17, 15) is 20.4 Å². The number of benzene rings is 4. The molecule has 2 heterocycles. The molecule has 0 amide bonds. The molecule has 6 rings (SSSR count). The van der Waals surface area contributed by atoms with E-state index in [2.05, 4.69) is 0 Å². The Kier molecular flexibility index (Phi) is 6.69. The number of epoxide rings is 2. The van der Waals surface area contributed by atoms with Gasteiger partial charge in [-0.05, 0) is 137 Å². The Morgan fingerprint density at radius 1 is 0.489 bits per heavy atom. The topological polar surface area (TPSA) is 115 Å². The van der Waals surface area contributed by atoms with Crippen LogP contribution in [0.5, 0.6) is 23.0 Å². The Labute approximate surface area is 264 Å². The standard InChI is InChI=1S/C38H42O7/c1-33(2)37(7,43-33)35(5,31-21-27(41)17-19-29(31)23-9-13-25(39)14-10-23)45-36(6,38(8)34(3,4)44-38)32-22-28(42)18-20-30(32)24-11-15-26(40)16-12-24/h9-22,39-42H,1-8H3. The zero-order valence-electron chi connectivity index (χ0n) is 27.1. The summed E-state index contributed by atoms with van der Waals surface area (Å²) >= 11 is 0. The minimum absolute atomic E-state index is 0.0717. The number of hydrogen-bond donors (Lipinski definition) is 4. The summed E-state index contributed by atoms with van der Waals surface area (Å²) in [7, 11) is 0. The summed E-state index contributed by atoms with van der Waals surface area (Å²) in [5, 5.41) is 41.9. The monoisotopic (exact) mass is 610 g/mol. The van der Waals surface area contributed by atoms with Gasteiger partial charge >= 0.3 is 0 Å². The molecule has 2 saturated heterocycles. The quantitative estimate of drug-likeness (QED) is 0.149. The molecule has 2 aliphatic rings. The van der Waals surface area contributed by atoms with E-state index in [1.807, 2.05) is 91.8 Å². The summed E-state index contributed by atoms with van der Waals surface area (Å²) in [6.07, 6.45) is 0. The Hall–Kier alpha value is -4.04. The molecule has 2 aliphatic heterocycles. The van der Waals surface area contributed by atoms with Crippen molar-refractivity contribution < 1.29 is 34.6 Å². The van der Waals surface area contributed by atoms with E-state index < -0.39 is 33.6 Å². The van der Waals surface area contributed by atoms with E-state index in [0.717, 1.165) is 22.3 Å². The van der Waals surface area contributed by atoms with Crippen molar-refractivity contribution in [3.63, 3.8) is 0 Å². The maximum absolute atomic E-state index is 10.9. The van der Waals surface area contributed by atoms with Crippen molar-refractivity contribution in [2.45, 2.75) is 89.0 Å². The highest BCUT2D eigenvalue weighted by molar-refractivity contribution is 5.73. The molecule has 0 radical (unpaired) electrons. The maximum Gasteiger partial charge on any atom is 0.127 e. The van der Waals surface area contributed by atoms with Crippen molar-refractivity contribution in [3.8, 4) is 45.3 Å². The first-order valence-electron chi connectivity index (χ1n) is 15.2. The highest BCUT2D eigenvalue weighted by Crippen LogP contribution is 2.67. The van der Waals surface area contributed by atoms with Gasteiger partial charge in [-0.15, -0.1) is 0 Å².